The zero-order valence-electron chi connectivity index (χ0n) is 4.52. The van der Waals surface area contributed by atoms with Gasteiger partial charge in [-0.15, -0.1) is 0 Å². The van der Waals surface area contributed by atoms with E-state index in [1.807, 2.05) is 6.92 Å². The van der Waals surface area contributed by atoms with Crippen LogP contribution >= 0.6 is 0 Å². The molecule has 0 aromatic rings. The minimum absolute atomic E-state index is 0.847. The van der Waals surface area contributed by atoms with Gasteiger partial charge < -0.3 is 5.11 Å². The maximum Gasteiger partial charge on any atom is 0.0823 e. The molecule has 0 spiro atoms. The predicted octanol–water partition coefficient (Wildman–Crippen LogP) is 2.02. The number of rotatable bonds is 2. The highest BCUT2D eigenvalue weighted by atomic mass is 16.2. The molecule has 0 aromatic heterocycles. The van der Waals surface area contributed by atoms with Crippen LogP contribution in [0.15, 0.2) is 24.5 Å². The Labute approximate surface area is 44.0 Å². The number of hydrogen-bond donors (Lipinski definition) is 1. The van der Waals surface area contributed by atoms with Crippen LogP contribution in [0.1, 0.15) is 13.3 Å². The van der Waals surface area contributed by atoms with Crippen LogP contribution in [-0.2, 0) is 0 Å². The van der Waals surface area contributed by atoms with Crippen molar-refractivity contribution >= 4 is 0 Å². The molecule has 0 aliphatic rings. The number of aliphatic hydroxyl groups is 1. The summed E-state index contributed by atoms with van der Waals surface area (Å²) in [6.45, 7) is 5.44. The summed E-state index contributed by atoms with van der Waals surface area (Å²) < 4.78 is 0. The third-order valence-corrected chi connectivity index (χ3v) is 0.836. The molecule has 7 heavy (non-hydrogen) atoms. The summed E-state index contributed by atoms with van der Waals surface area (Å²) >= 11 is 0. The first-order valence-corrected chi connectivity index (χ1v) is 2.30. The van der Waals surface area contributed by atoms with E-state index in [2.05, 4.69) is 6.58 Å². The molecular formula is C6H10O. The Balaban J connectivity index is 3.60. The van der Waals surface area contributed by atoms with Crippen LogP contribution in [0.2, 0.25) is 0 Å². The van der Waals surface area contributed by atoms with Crippen molar-refractivity contribution in [2.45, 2.75) is 13.3 Å². The van der Waals surface area contributed by atoms with Crippen molar-refractivity contribution in [1.82, 2.24) is 0 Å². The van der Waals surface area contributed by atoms with Gasteiger partial charge >= 0.3 is 0 Å². The van der Waals surface area contributed by atoms with Gasteiger partial charge in [0, 0.05) is 0 Å². The van der Waals surface area contributed by atoms with Gasteiger partial charge in [-0.2, -0.15) is 0 Å². The number of allylic oxidation sites excluding steroid dienone is 2. The third-order valence-electron chi connectivity index (χ3n) is 0.836. The maximum atomic E-state index is 8.29. The molecule has 0 aliphatic heterocycles. The minimum Gasteiger partial charge on any atom is -0.515 e. The van der Waals surface area contributed by atoms with Crippen molar-refractivity contribution < 1.29 is 5.11 Å². The van der Waals surface area contributed by atoms with Gasteiger partial charge in [0.1, 0.15) is 0 Å². The highest BCUT2D eigenvalue weighted by Gasteiger charge is 1.79. The SMILES string of the molecule is C=C/C(=C\O)CC. The van der Waals surface area contributed by atoms with E-state index in [0.717, 1.165) is 18.3 Å². The van der Waals surface area contributed by atoms with Gasteiger partial charge in [-0.25, -0.2) is 0 Å². The van der Waals surface area contributed by atoms with E-state index in [9.17, 15) is 0 Å². The molecule has 40 valence electrons. The lowest BCUT2D eigenvalue weighted by atomic mass is 10.2. The Morgan fingerprint density at radius 1 is 1.86 bits per heavy atom. The summed E-state index contributed by atoms with van der Waals surface area (Å²) in [5.74, 6) is 0. The molecule has 0 heterocycles. The van der Waals surface area contributed by atoms with E-state index < -0.39 is 0 Å². The zero-order valence-corrected chi connectivity index (χ0v) is 4.52. The van der Waals surface area contributed by atoms with E-state index in [1.165, 1.54) is 0 Å². The Bertz CT molecular complexity index is 82.2. The van der Waals surface area contributed by atoms with Crippen molar-refractivity contribution in [3.05, 3.63) is 24.5 Å². The number of hydrogen-bond acceptors (Lipinski definition) is 1. The van der Waals surface area contributed by atoms with Gasteiger partial charge in [0.05, 0.1) is 6.26 Å². The fourth-order valence-corrected chi connectivity index (χ4v) is 0.288. The molecule has 0 unspecified atom stereocenters. The average Bonchev–Trinajstić information content (AvgIpc) is 1.72. The van der Waals surface area contributed by atoms with Crippen LogP contribution in [0.3, 0.4) is 0 Å². The fourth-order valence-electron chi connectivity index (χ4n) is 0.288. The van der Waals surface area contributed by atoms with Gasteiger partial charge in [0.2, 0.25) is 0 Å². The lowest BCUT2D eigenvalue weighted by molar-refractivity contribution is 0.467. The molecule has 0 bridgehead atoms. The maximum absolute atomic E-state index is 8.29. The summed E-state index contributed by atoms with van der Waals surface area (Å²) in [7, 11) is 0. The summed E-state index contributed by atoms with van der Waals surface area (Å²) in [6.07, 6.45) is 3.56. The van der Waals surface area contributed by atoms with Crippen LogP contribution in [-0.4, -0.2) is 5.11 Å². The molecule has 0 amide bonds. The first kappa shape index (κ1) is 6.28. The summed E-state index contributed by atoms with van der Waals surface area (Å²) in [6, 6.07) is 0. The normalized spacial score (nSPS) is 11.3. The summed E-state index contributed by atoms with van der Waals surface area (Å²) in [5, 5.41) is 8.29. The summed E-state index contributed by atoms with van der Waals surface area (Å²) in [5.41, 5.74) is 0.875. The predicted molar refractivity (Wildman–Crippen MR) is 31.2 cm³/mol. The molecule has 1 N–H and O–H groups in total. The highest BCUT2D eigenvalue weighted by molar-refractivity contribution is 5.11. The second kappa shape index (κ2) is 3.47. The topological polar surface area (TPSA) is 20.2 Å². The third kappa shape index (κ3) is 2.04. The minimum atomic E-state index is 0.847. The average molecular weight is 98.1 g/mol. The molecule has 0 fully saturated rings. The van der Waals surface area contributed by atoms with Gasteiger partial charge in [-0.05, 0) is 12.0 Å². The highest BCUT2D eigenvalue weighted by Crippen LogP contribution is 1.97. The number of aliphatic hydroxyl groups excluding tert-OH is 1. The van der Waals surface area contributed by atoms with E-state index >= 15 is 0 Å². The van der Waals surface area contributed by atoms with Gasteiger partial charge in [-0.3, -0.25) is 0 Å². The monoisotopic (exact) mass is 98.1 g/mol. The Kier molecular flexibility index (Phi) is 3.11. The van der Waals surface area contributed by atoms with E-state index in [1.54, 1.807) is 6.08 Å². The van der Waals surface area contributed by atoms with Crippen LogP contribution in [0, 0.1) is 0 Å². The van der Waals surface area contributed by atoms with Crippen molar-refractivity contribution in [1.29, 1.82) is 0 Å². The van der Waals surface area contributed by atoms with Crippen molar-refractivity contribution in [2.24, 2.45) is 0 Å². The molecule has 0 aromatic carbocycles. The van der Waals surface area contributed by atoms with Crippen LogP contribution in [0.4, 0.5) is 0 Å². The van der Waals surface area contributed by atoms with Gasteiger partial charge in [0.25, 0.3) is 0 Å². The zero-order chi connectivity index (χ0) is 5.70. The van der Waals surface area contributed by atoms with Crippen molar-refractivity contribution in [2.75, 3.05) is 0 Å². The van der Waals surface area contributed by atoms with E-state index in [4.69, 9.17) is 5.11 Å². The molecular weight excluding hydrogens is 88.1 g/mol. The summed E-state index contributed by atoms with van der Waals surface area (Å²) in [4.78, 5) is 0. The molecule has 1 heteroatoms. The van der Waals surface area contributed by atoms with Crippen LogP contribution in [0.25, 0.3) is 0 Å². The second-order valence-corrected chi connectivity index (χ2v) is 1.26. The quantitative estimate of drug-likeness (QED) is 0.414. The van der Waals surface area contributed by atoms with E-state index in [-0.39, 0.29) is 0 Å². The molecule has 0 saturated heterocycles. The lowest BCUT2D eigenvalue weighted by Gasteiger charge is -1.86. The van der Waals surface area contributed by atoms with Crippen molar-refractivity contribution in [3.8, 4) is 0 Å². The molecule has 1 nitrogen and oxygen atoms in total. The van der Waals surface area contributed by atoms with Crippen LogP contribution < -0.4 is 0 Å². The van der Waals surface area contributed by atoms with Crippen LogP contribution in [0.5, 0.6) is 0 Å². The largest absolute Gasteiger partial charge is 0.515 e. The molecule has 0 atom stereocenters. The Morgan fingerprint density at radius 2 is 2.43 bits per heavy atom. The van der Waals surface area contributed by atoms with Crippen molar-refractivity contribution in [3.63, 3.8) is 0 Å². The standard InChI is InChI=1S/C6H10O/c1-3-6(4-2)5-7/h3,5,7H,1,4H2,2H3/b6-5+. The smallest absolute Gasteiger partial charge is 0.0823 e. The fraction of sp³-hybridized carbons (Fsp3) is 0.333. The molecule has 0 aliphatic carbocycles. The second-order valence-electron chi connectivity index (χ2n) is 1.26. The van der Waals surface area contributed by atoms with Gasteiger partial charge in [-0.1, -0.05) is 19.6 Å². The van der Waals surface area contributed by atoms with E-state index in [0.29, 0.717) is 0 Å². The molecule has 0 radical (unpaired) electrons. The Hall–Kier alpha value is -0.720. The first-order valence-electron chi connectivity index (χ1n) is 2.30. The molecule has 0 saturated carbocycles. The van der Waals surface area contributed by atoms with Gasteiger partial charge in [0.15, 0.2) is 0 Å². The molecule has 0 rings (SSSR count). The lowest BCUT2D eigenvalue weighted by Crippen LogP contribution is -1.69. The Morgan fingerprint density at radius 3 is 2.43 bits per heavy atom. The first-order chi connectivity index (χ1) is 3.35.